The van der Waals surface area contributed by atoms with Gasteiger partial charge in [0.15, 0.2) is 0 Å². The van der Waals surface area contributed by atoms with Crippen LogP contribution in [0.15, 0.2) is 34.8 Å². The molecule has 0 saturated carbocycles. The predicted octanol–water partition coefficient (Wildman–Crippen LogP) is 4.42. The maximum Gasteiger partial charge on any atom is 0.273 e. The molecule has 21 heavy (non-hydrogen) atoms. The molecule has 0 aliphatic carbocycles. The summed E-state index contributed by atoms with van der Waals surface area (Å²) in [7, 11) is 1.60. The molecule has 2 aromatic rings. The Morgan fingerprint density at radius 3 is 2.38 bits per heavy atom. The summed E-state index contributed by atoms with van der Waals surface area (Å²) in [4.78, 5) is 10.3. The van der Waals surface area contributed by atoms with Gasteiger partial charge in [-0.3, -0.25) is 10.1 Å². The Bertz CT molecular complexity index is 710. The summed E-state index contributed by atoms with van der Waals surface area (Å²) < 4.78 is 27.2. The van der Waals surface area contributed by atoms with Crippen molar-refractivity contribution in [2.24, 2.45) is 0 Å². The molecule has 110 valence electrons. The van der Waals surface area contributed by atoms with E-state index in [0.717, 1.165) is 12.1 Å². The van der Waals surface area contributed by atoms with E-state index in [1.54, 1.807) is 13.1 Å². The number of hydrogen-bond acceptors (Lipinski definition) is 4. The number of nitro groups is 1. The normalized spacial score (nSPS) is 10.3. The Labute approximate surface area is 127 Å². The van der Waals surface area contributed by atoms with E-state index < -0.39 is 16.6 Å². The molecule has 0 radical (unpaired) electrons. The highest BCUT2D eigenvalue weighted by atomic mass is 79.9. The second-order valence-corrected chi connectivity index (χ2v) is 5.00. The Kier molecular flexibility index (Phi) is 4.37. The topological polar surface area (TPSA) is 67.2 Å². The molecule has 5 nitrogen and oxygen atoms in total. The van der Waals surface area contributed by atoms with E-state index in [9.17, 15) is 18.9 Å². The van der Waals surface area contributed by atoms with Crippen LogP contribution in [0.25, 0.3) is 0 Å². The summed E-state index contributed by atoms with van der Waals surface area (Å²) in [6.07, 6.45) is 0. The molecule has 2 aromatic carbocycles. The molecule has 0 atom stereocenters. The van der Waals surface area contributed by atoms with Crippen LogP contribution in [-0.4, -0.2) is 12.0 Å². The van der Waals surface area contributed by atoms with Crippen molar-refractivity contribution in [1.29, 1.82) is 0 Å². The van der Waals surface area contributed by atoms with Gasteiger partial charge in [0.1, 0.15) is 11.6 Å². The Hall–Kier alpha value is -2.22. The first-order chi connectivity index (χ1) is 9.90. The number of nitrogens with one attached hydrogen (secondary N) is 2. The highest BCUT2D eigenvalue weighted by Gasteiger charge is 2.12. The third-order valence-electron chi connectivity index (χ3n) is 2.71. The van der Waals surface area contributed by atoms with Crippen molar-refractivity contribution in [3.8, 4) is 0 Å². The third-order valence-corrected chi connectivity index (χ3v) is 3.31. The number of hydrogen-bond donors (Lipinski definition) is 2. The van der Waals surface area contributed by atoms with Gasteiger partial charge in [-0.2, -0.15) is 0 Å². The first-order valence-electron chi connectivity index (χ1n) is 5.79. The zero-order chi connectivity index (χ0) is 15.6. The molecular weight excluding hydrogens is 348 g/mol. The second-order valence-electron chi connectivity index (χ2n) is 4.15. The van der Waals surface area contributed by atoms with Gasteiger partial charge in [-0.05, 0) is 28.1 Å². The molecule has 8 heteroatoms. The Morgan fingerprint density at radius 1 is 1.10 bits per heavy atom. The van der Waals surface area contributed by atoms with Gasteiger partial charge in [-0.15, -0.1) is 0 Å². The maximum atomic E-state index is 13.7. The van der Waals surface area contributed by atoms with E-state index in [4.69, 9.17) is 0 Å². The number of nitro benzene ring substituents is 1. The molecule has 0 aromatic heterocycles. The smallest absolute Gasteiger partial charge is 0.273 e. The number of halogens is 3. The SMILES string of the molecule is CNc1cc(Nc2cc(F)c(Br)cc2F)cc([N+](=O)[O-])c1. The number of benzene rings is 2. The highest BCUT2D eigenvalue weighted by molar-refractivity contribution is 9.10. The highest BCUT2D eigenvalue weighted by Crippen LogP contribution is 2.29. The van der Waals surface area contributed by atoms with Gasteiger partial charge in [0.25, 0.3) is 5.69 Å². The molecule has 2 rings (SSSR count). The zero-order valence-electron chi connectivity index (χ0n) is 10.8. The zero-order valence-corrected chi connectivity index (χ0v) is 12.4. The van der Waals surface area contributed by atoms with Crippen LogP contribution in [0.1, 0.15) is 0 Å². The van der Waals surface area contributed by atoms with E-state index >= 15 is 0 Å². The Balaban J connectivity index is 2.41. The minimum atomic E-state index is -0.680. The monoisotopic (exact) mass is 357 g/mol. The van der Waals surface area contributed by atoms with Crippen LogP contribution in [0, 0.1) is 21.7 Å². The van der Waals surface area contributed by atoms with Crippen molar-refractivity contribution in [1.82, 2.24) is 0 Å². The fraction of sp³-hybridized carbons (Fsp3) is 0.0769. The van der Waals surface area contributed by atoms with Crippen LogP contribution in [0.5, 0.6) is 0 Å². The summed E-state index contributed by atoms with van der Waals surface area (Å²) in [5.41, 5.74) is 0.472. The van der Waals surface area contributed by atoms with E-state index in [-0.39, 0.29) is 21.5 Å². The van der Waals surface area contributed by atoms with Crippen molar-refractivity contribution in [2.45, 2.75) is 0 Å². The lowest BCUT2D eigenvalue weighted by Gasteiger charge is -2.10. The summed E-state index contributed by atoms with van der Waals surface area (Å²) in [6.45, 7) is 0. The summed E-state index contributed by atoms with van der Waals surface area (Å²) in [6, 6.07) is 6.07. The van der Waals surface area contributed by atoms with Gasteiger partial charge in [0.05, 0.1) is 15.1 Å². The summed E-state index contributed by atoms with van der Waals surface area (Å²) in [5, 5.41) is 16.2. The predicted molar refractivity (Wildman–Crippen MR) is 80.0 cm³/mol. The van der Waals surface area contributed by atoms with Crippen LogP contribution in [0.2, 0.25) is 0 Å². The minimum absolute atomic E-state index is 0.000469. The van der Waals surface area contributed by atoms with Crippen LogP contribution in [-0.2, 0) is 0 Å². The lowest BCUT2D eigenvalue weighted by atomic mass is 10.2. The largest absolute Gasteiger partial charge is 0.388 e. The second kappa shape index (κ2) is 6.04. The average Bonchev–Trinajstić information content (AvgIpc) is 2.44. The fourth-order valence-corrected chi connectivity index (χ4v) is 2.02. The average molecular weight is 358 g/mol. The lowest BCUT2D eigenvalue weighted by molar-refractivity contribution is -0.384. The number of anilines is 3. The molecule has 0 saturated heterocycles. The van der Waals surface area contributed by atoms with Gasteiger partial charge >= 0.3 is 0 Å². The molecule has 0 aliphatic heterocycles. The van der Waals surface area contributed by atoms with Crippen LogP contribution >= 0.6 is 15.9 Å². The molecular formula is C13H10BrF2N3O2. The fourth-order valence-electron chi connectivity index (χ4n) is 1.71. The standard InChI is InChI=1S/C13H10BrF2N3O2/c1-17-7-2-8(4-9(3-7)19(20)21)18-13-6-11(15)10(14)5-12(13)16/h2-6,17-18H,1H3. The van der Waals surface area contributed by atoms with E-state index in [1.165, 1.54) is 12.1 Å². The van der Waals surface area contributed by atoms with Gasteiger partial charge < -0.3 is 10.6 Å². The molecule has 0 bridgehead atoms. The van der Waals surface area contributed by atoms with Crippen LogP contribution in [0.4, 0.5) is 31.5 Å². The summed E-state index contributed by atoms with van der Waals surface area (Å²) >= 11 is 2.88. The van der Waals surface area contributed by atoms with Crippen LogP contribution < -0.4 is 10.6 Å². The van der Waals surface area contributed by atoms with Gasteiger partial charge in [0.2, 0.25) is 0 Å². The van der Waals surface area contributed by atoms with Gasteiger partial charge in [-0.1, -0.05) is 0 Å². The number of non-ortho nitro benzene ring substituents is 1. The minimum Gasteiger partial charge on any atom is -0.388 e. The Morgan fingerprint density at radius 2 is 1.76 bits per heavy atom. The molecule has 0 unspecified atom stereocenters. The first kappa shape index (κ1) is 15.2. The van der Waals surface area contributed by atoms with Crippen molar-refractivity contribution in [3.63, 3.8) is 0 Å². The third kappa shape index (κ3) is 3.46. The van der Waals surface area contributed by atoms with E-state index in [1.807, 2.05) is 0 Å². The van der Waals surface area contributed by atoms with Crippen molar-refractivity contribution in [2.75, 3.05) is 17.7 Å². The number of rotatable bonds is 4. The maximum absolute atomic E-state index is 13.7. The molecule has 0 fully saturated rings. The lowest BCUT2D eigenvalue weighted by Crippen LogP contribution is -1.99. The summed E-state index contributed by atoms with van der Waals surface area (Å²) in [5.74, 6) is -1.32. The molecule has 0 heterocycles. The first-order valence-corrected chi connectivity index (χ1v) is 6.59. The molecule has 0 aliphatic rings. The number of nitrogens with zero attached hydrogens (tertiary/aromatic N) is 1. The van der Waals surface area contributed by atoms with E-state index in [0.29, 0.717) is 5.69 Å². The van der Waals surface area contributed by atoms with E-state index in [2.05, 4.69) is 26.6 Å². The molecule has 0 amide bonds. The van der Waals surface area contributed by atoms with Gasteiger partial charge in [0, 0.05) is 36.6 Å². The van der Waals surface area contributed by atoms with Crippen molar-refractivity contribution < 1.29 is 13.7 Å². The van der Waals surface area contributed by atoms with Crippen molar-refractivity contribution in [3.05, 3.63) is 56.6 Å². The molecule has 2 N–H and O–H groups in total. The van der Waals surface area contributed by atoms with Crippen molar-refractivity contribution >= 4 is 38.7 Å². The van der Waals surface area contributed by atoms with Gasteiger partial charge in [-0.25, -0.2) is 8.78 Å². The molecule has 0 spiro atoms. The quantitative estimate of drug-likeness (QED) is 0.482. The van der Waals surface area contributed by atoms with Crippen LogP contribution in [0.3, 0.4) is 0 Å².